The number of carbonyl (C=O) groups excluding carboxylic acids is 2. The minimum atomic E-state index is -4.79. The number of ether oxygens (including phenoxy) is 2. The largest absolute Gasteiger partial charge is 0.469 e. The molecule has 3 atom stereocenters. The normalized spacial score (nSPS) is 14.3. The molecule has 3 N–H and O–H groups in total. The van der Waals surface area contributed by atoms with Crippen LogP contribution in [0.15, 0.2) is 72.9 Å². The van der Waals surface area contributed by atoms with E-state index in [1.54, 1.807) is 6.08 Å². The lowest BCUT2D eigenvalue weighted by molar-refractivity contribution is -0.161. The third-order valence-corrected chi connectivity index (χ3v) is 9.86. The molecule has 0 aromatic rings. The molecule has 0 saturated carbocycles. The van der Waals surface area contributed by atoms with E-state index in [0.717, 1.165) is 44.4 Å². The van der Waals surface area contributed by atoms with Gasteiger partial charge in [0.15, 0.2) is 6.10 Å². The highest BCUT2D eigenvalue weighted by Crippen LogP contribution is 2.36. The van der Waals surface area contributed by atoms with Crippen LogP contribution < -0.4 is 0 Å². The molecule has 0 rings (SSSR count). The van der Waals surface area contributed by atoms with Crippen molar-refractivity contribution in [1.82, 2.24) is 0 Å². The molecule has 322 valence electrons. The first-order valence-electron chi connectivity index (χ1n) is 21.7. The van der Waals surface area contributed by atoms with Crippen molar-refractivity contribution in [2.75, 3.05) is 13.2 Å². The summed E-state index contributed by atoms with van der Waals surface area (Å²) in [5, 5.41) is 9.97. The van der Waals surface area contributed by atoms with Crippen LogP contribution in [0.25, 0.3) is 0 Å². The van der Waals surface area contributed by atoms with Crippen LogP contribution in [-0.4, -0.2) is 52.3 Å². The van der Waals surface area contributed by atoms with Gasteiger partial charge in [0.05, 0.1) is 12.7 Å². The number of esters is 2. The summed E-state index contributed by atoms with van der Waals surface area (Å²) >= 11 is 0. The number of phosphoric acid groups is 1. The zero-order valence-electron chi connectivity index (χ0n) is 35.3. The van der Waals surface area contributed by atoms with Crippen LogP contribution in [0.2, 0.25) is 0 Å². The van der Waals surface area contributed by atoms with Gasteiger partial charge < -0.3 is 24.4 Å². The molecule has 0 aliphatic rings. The fraction of sp³-hybridized carbons (Fsp3) is 0.696. The maximum Gasteiger partial charge on any atom is 0.469 e. The lowest BCUT2D eigenvalue weighted by atomic mass is 9.99. The Morgan fingerprint density at radius 1 is 0.625 bits per heavy atom. The summed E-state index contributed by atoms with van der Waals surface area (Å²) in [6.07, 6.45) is 46.6. The first-order chi connectivity index (χ1) is 27.1. The second kappa shape index (κ2) is 39.3. The molecule has 2 unspecified atom stereocenters. The monoisotopic (exact) mass is 807 g/mol. The van der Waals surface area contributed by atoms with Crippen LogP contribution in [0.4, 0.5) is 0 Å². The van der Waals surface area contributed by atoms with E-state index in [1.807, 2.05) is 48.6 Å². The van der Waals surface area contributed by atoms with Crippen LogP contribution >= 0.6 is 7.82 Å². The maximum absolute atomic E-state index is 12.4. The molecule has 0 saturated heterocycles. The molecule has 0 aliphatic heterocycles. The van der Waals surface area contributed by atoms with Crippen molar-refractivity contribution in [1.29, 1.82) is 0 Å². The van der Waals surface area contributed by atoms with Gasteiger partial charge in [-0.05, 0) is 50.9 Å². The number of aliphatic hydroxyl groups excluding tert-OH is 1. The van der Waals surface area contributed by atoms with Crippen molar-refractivity contribution in [2.24, 2.45) is 5.92 Å². The van der Waals surface area contributed by atoms with E-state index in [4.69, 9.17) is 19.3 Å². The minimum absolute atomic E-state index is 0.117. The zero-order chi connectivity index (χ0) is 41.4. The predicted octanol–water partition coefficient (Wildman–Crippen LogP) is 12.3. The fourth-order valence-corrected chi connectivity index (χ4v) is 6.11. The number of rotatable bonds is 38. The van der Waals surface area contributed by atoms with Crippen LogP contribution in [0.1, 0.15) is 175 Å². The third kappa shape index (κ3) is 41.1. The molecule has 0 aromatic heterocycles. The van der Waals surface area contributed by atoms with E-state index in [-0.39, 0.29) is 19.4 Å². The number of carbonyl (C=O) groups is 2. The highest BCUT2D eigenvalue weighted by Gasteiger charge is 2.22. The van der Waals surface area contributed by atoms with Gasteiger partial charge in [-0.1, -0.05) is 190 Å². The van der Waals surface area contributed by atoms with Crippen molar-refractivity contribution >= 4 is 19.8 Å². The predicted molar refractivity (Wildman–Crippen MR) is 231 cm³/mol. The minimum Gasteiger partial charge on any atom is -0.462 e. The number of phosphoric ester groups is 1. The number of allylic oxidation sites excluding steroid dienone is 10. The summed E-state index contributed by atoms with van der Waals surface area (Å²) < 4.78 is 26.3. The molecular formula is C46H79O9P. The molecule has 56 heavy (non-hydrogen) atoms. The Balaban J connectivity index is 4.09. The second-order valence-electron chi connectivity index (χ2n) is 14.7. The number of aliphatic hydroxyl groups is 1. The van der Waals surface area contributed by atoms with Gasteiger partial charge in [0.1, 0.15) is 6.61 Å². The average molecular weight is 807 g/mol. The SMILES string of the molecule is CC/C=C\C/C=C\CC(O)/C=C/C=C\C/C=C\C/C=C\CCC(=O)OC[C@H](COP(=O)(O)O)OC(=O)CCCCCCCCCCCCCCCCC(C)CC. The third-order valence-electron chi connectivity index (χ3n) is 9.37. The quantitative estimate of drug-likeness (QED) is 0.0183. The van der Waals surface area contributed by atoms with E-state index in [9.17, 15) is 19.3 Å². The molecule has 0 spiro atoms. The lowest BCUT2D eigenvalue weighted by Crippen LogP contribution is -2.29. The summed E-state index contributed by atoms with van der Waals surface area (Å²) in [4.78, 5) is 42.9. The van der Waals surface area contributed by atoms with E-state index in [0.29, 0.717) is 25.7 Å². The topological polar surface area (TPSA) is 140 Å². The number of unbranched alkanes of at least 4 members (excludes halogenated alkanes) is 13. The molecule has 9 nitrogen and oxygen atoms in total. The van der Waals surface area contributed by atoms with E-state index >= 15 is 0 Å². The molecule has 10 heteroatoms. The molecule has 0 bridgehead atoms. The van der Waals surface area contributed by atoms with Crippen molar-refractivity contribution in [3.8, 4) is 0 Å². The molecule has 0 amide bonds. The molecule has 0 fully saturated rings. The van der Waals surface area contributed by atoms with Gasteiger partial charge in [-0.3, -0.25) is 14.1 Å². The Morgan fingerprint density at radius 3 is 1.75 bits per heavy atom. The lowest BCUT2D eigenvalue weighted by Gasteiger charge is -2.18. The van der Waals surface area contributed by atoms with Crippen molar-refractivity contribution in [3.63, 3.8) is 0 Å². The van der Waals surface area contributed by atoms with Gasteiger partial charge in [0.25, 0.3) is 0 Å². The Kier molecular flexibility index (Phi) is 37.5. The van der Waals surface area contributed by atoms with Gasteiger partial charge in [0.2, 0.25) is 0 Å². The first-order valence-corrected chi connectivity index (χ1v) is 23.3. The Bertz CT molecular complexity index is 1170. The van der Waals surface area contributed by atoms with E-state index in [1.165, 1.54) is 77.0 Å². The summed E-state index contributed by atoms with van der Waals surface area (Å²) in [6.45, 7) is 5.81. The van der Waals surface area contributed by atoms with Crippen molar-refractivity contribution < 1.29 is 43.0 Å². The molecule has 0 aliphatic carbocycles. The number of hydrogen-bond acceptors (Lipinski definition) is 7. The molecule has 0 radical (unpaired) electrons. The van der Waals surface area contributed by atoms with Crippen molar-refractivity contribution in [2.45, 2.75) is 187 Å². The van der Waals surface area contributed by atoms with E-state index < -0.39 is 38.6 Å². The van der Waals surface area contributed by atoms with Gasteiger partial charge in [0, 0.05) is 12.8 Å². The Hall–Kier alpha value is -2.55. The van der Waals surface area contributed by atoms with E-state index in [2.05, 4.69) is 43.5 Å². The highest BCUT2D eigenvalue weighted by molar-refractivity contribution is 7.46. The average Bonchev–Trinajstić information content (AvgIpc) is 3.16. The van der Waals surface area contributed by atoms with Gasteiger partial charge in [-0.15, -0.1) is 0 Å². The number of hydrogen-bond donors (Lipinski definition) is 3. The zero-order valence-corrected chi connectivity index (χ0v) is 36.2. The first kappa shape index (κ1) is 53.5. The summed E-state index contributed by atoms with van der Waals surface area (Å²) in [5.41, 5.74) is 0. The van der Waals surface area contributed by atoms with Gasteiger partial charge >= 0.3 is 19.8 Å². The molecule has 0 aromatic carbocycles. The van der Waals surface area contributed by atoms with Crippen LogP contribution in [0.3, 0.4) is 0 Å². The summed E-state index contributed by atoms with van der Waals surface area (Å²) in [5.74, 6) is -0.140. The smallest absolute Gasteiger partial charge is 0.462 e. The van der Waals surface area contributed by atoms with Crippen LogP contribution in [0.5, 0.6) is 0 Å². The maximum atomic E-state index is 12.4. The van der Waals surface area contributed by atoms with Gasteiger partial charge in [-0.25, -0.2) is 4.57 Å². The van der Waals surface area contributed by atoms with Crippen molar-refractivity contribution in [3.05, 3.63) is 72.9 Å². The molecular weight excluding hydrogens is 727 g/mol. The fourth-order valence-electron chi connectivity index (χ4n) is 5.75. The molecule has 0 heterocycles. The van der Waals surface area contributed by atoms with Crippen LogP contribution in [0, 0.1) is 5.92 Å². The highest BCUT2D eigenvalue weighted by atomic mass is 31.2. The summed E-state index contributed by atoms with van der Waals surface area (Å²) in [6, 6.07) is 0. The Morgan fingerprint density at radius 2 is 1.16 bits per heavy atom. The Labute approximate surface area is 341 Å². The van der Waals surface area contributed by atoms with Gasteiger partial charge in [-0.2, -0.15) is 0 Å². The second-order valence-corrected chi connectivity index (χ2v) is 16.0. The van der Waals surface area contributed by atoms with Crippen LogP contribution in [-0.2, 0) is 28.2 Å². The standard InChI is InChI=1S/C46H79O9P/c1-4-6-7-8-26-31-36-43(47)37-32-27-22-18-15-16-19-23-28-33-38-45(48)53-40-44(41-54-56(50,51)52)55-46(49)39-34-29-24-20-14-12-10-9-11-13-17-21-25-30-35-42(3)5-2/h6-7,15-16,22-23,26-28,31-32,37,42-44,47H,4-5,8-14,17-21,24-25,29-30,33-36,38-41H2,1-3H3,(H2,50,51,52)/b7-6-,16-15-,27-22-,28-23-,31-26-,37-32+/t42?,43?,44-/m1/s1. The summed E-state index contributed by atoms with van der Waals surface area (Å²) in [7, 11) is -4.79.